The van der Waals surface area contributed by atoms with E-state index in [0.29, 0.717) is 50.7 Å². The number of carboxylic acids is 2. The van der Waals surface area contributed by atoms with Gasteiger partial charge in [0.1, 0.15) is 77.6 Å². The van der Waals surface area contributed by atoms with E-state index >= 15 is 0 Å². The summed E-state index contributed by atoms with van der Waals surface area (Å²) in [7, 11) is 0. The van der Waals surface area contributed by atoms with Crippen LogP contribution in [0.4, 0.5) is 0 Å². The number of imidazole rings is 1. The highest BCUT2D eigenvalue weighted by Crippen LogP contribution is 2.24. The molecule has 0 unspecified atom stereocenters. The molecule has 0 radical (unpaired) electrons. The minimum atomic E-state index is -1.79. The highest BCUT2D eigenvalue weighted by atomic mass is 32.2. The molecule has 3 aromatic heterocycles. The van der Waals surface area contributed by atoms with Crippen LogP contribution in [0.3, 0.4) is 0 Å². The van der Waals surface area contributed by atoms with Crippen LogP contribution in [0.1, 0.15) is 133 Å². The quantitative estimate of drug-likeness (QED) is 0.0238. The number of nitrogens with one attached hydrogen (secondary N) is 12. The predicted molar refractivity (Wildman–Crippen MR) is 421 cm³/mol. The van der Waals surface area contributed by atoms with Crippen LogP contribution in [0.25, 0.3) is 11.0 Å². The number of aliphatic hydroxyl groups excluding tert-OH is 1. The Morgan fingerprint density at radius 3 is 1.46 bits per heavy atom. The van der Waals surface area contributed by atoms with Gasteiger partial charge in [-0.05, 0) is 102 Å². The normalized spacial score (nSPS) is 14.2. The zero-order chi connectivity index (χ0) is 83.8. The molecule has 0 aliphatic heterocycles. The van der Waals surface area contributed by atoms with E-state index in [-0.39, 0.29) is 68.6 Å². The Morgan fingerprint density at radius 1 is 0.500 bits per heavy atom. The average molecular weight is 1620 g/mol. The number of benzene rings is 3. The van der Waals surface area contributed by atoms with Crippen molar-refractivity contribution in [3.63, 3.8) is 0 Å². The number of pyridine rings is 1. The van der Waals surface area contributed by atoms with E-state index < -0.39 is 187 Å². The number of aromatic nitrogens is 4. The molecule has 6 rings (SSSR count). The molecule has 37 heteroatoms. The molecule has 0 bridgehead atoms. The highest BCUT2D eigenvalue weighted by Gasteiger charge is 2.38. The number of amides is 12. The number of aromatic amines is 2. The molecular formula is C77H102N16O19S2. The van der Waals surface area contributed by atoms with Gasteiger partial charge in [-0.25, -0.2) is 9.97 Å². The number of thioether (sulfide) groups is 2. The van der Waals surface area contributed by atoms with Crippen LogP contribution in [0, 0.1) is 5.41 Å². The molecule has 616 valence electrons. The first-order valence-electron chi connectivity index (χ1n) is 37.0. The molecule has 3 heterocycles. The van der Waals surface area contributed by atoms with E-state index in [0.717, 1.165) is 11.1 Å². The summed E-state index contributed by atoms with van der Waals surface area (Å²) >= 11 is 2.74. The number of aliphatic carboxylic acids is 2. The minimum absolute atomic E-state index is 0.00106. The second-order valence-electron chi connectivity index (χ2n) is 28.5. The van der Waals surface area contributed by atoms with Crippen molar-refractivity contribution in [3.05, 3.63) is 143 Å². The number of carboxylic acid groups (broad SMARTS) is 2. The van der Waals surface area contributed by atoms with Crippen LogP contribution in [0.2, 0.25) is 0 Å². The zero-order valence-electron chi connectivity index (χ0n) is 64.1. The molecule has 3 aromatic carbocycles. The number of fused-ring (bicyclic) bond motifs is 1. The molecule has 12 amide bonds. The SMILES string of the molecule is CCC[C@H](NC(=O)[C@H](Cc1ccc(O)cc1)NC(=O)[C@H](CCC(=O)O)NC(=O)[C@H](CCC(=O)O)NC(=O)[C@H](Cc1c[nH]c2ncccc12)NC(=O)C[C@@H](C)O)C(=O)N[C@@H](CC)C(=O)N[C@@H](CSCc1cccc(CSCCC(=O)N[C@H](C(=O)N[C@@H](Cc2ccc(O)cc2)C(=O)N[C@@H](Cc2cnc[nH]2)C(N)=O)C(C)(C)C)c1)C(N)=O. The summed E-state index contributed by atoms with van der Waals surface area (Å²) in [4.78, 5) is 204. The molecule has 35 nitrogen and oxygen atoms in total. The number of rotatable bonds is 48. The van der Waals surface area contributed by atoms with Crippen molar-refractivity contribution in [2.75, 3.05) is 11.5 Å². The van der Waals surface area contributed by atoms with Gasteiger partial charge < -0.3 is 100 Å². The van der Waals surface area contributed by atoms with Crippen molar-refractivity contribution in [1.29, 1.82) is 0 Å². The maximum Gasteiger partial charge on any atom is 0.303 e. The first kappa shape index (κ1) is 91.3. The van der Waals surface area contributed by atoms with Gasteiger partial charge >= 0.3 is 11.9 Å². The molecule has 0 fully saturated rings. The fourth-order valence-electron chi connectivity index (χ4n) is 11.8. The van der Waals surface area contributed by atoms with Gasteiger partial charge in [-0.1, -0.05) is 89.6 Å². The van der Waals surface area contributed by atoms with Crippen LogP contribution in [0.5, 0.6) is 11.5 Å². The van der Waals surface area contributed by atoms with Gasteiger partial charge in [0.05, 0.1) is 18.9 Å². The third-order valence-corrected chi connectivity index (χ3v) is 20.1. The number of hydrogen-bond donors (Lipinski definition) is 19. The summed E-state index contributed by atoms with van der Waals surface area (Å²) in [6.07, 6.45) is 1.50. The molecule has 21 N–H and O–H groups in total. The standard InChI is InChI=1S/C77H102N16O19S2/c1-7-11-53(86-73(109)57(32-43-15-19-49(95)20-16-43)90-72(108)55(24-26-64(101)102)87-71(107)54(23-25-63(99)100)88-75(111)59(84-62(98)30-42(3)94)34-47-36-82-68-51(47)14-10-28-81-68)70(106)85-52(8-2)69(105)92-60(67(79)104)40-114-39-46-13-9-12-45(31-46)38-113-29-27-61(97)93-65(77(4,5)6)76(112)91-58(33-44-17-21-50(96)22-18-44)74(110)89-56(66(78)103)35-48-37-80-41-83-48/h9-10,12-22,28,31,36-37,41-42,52-60,65,94-96H,7-8,11,23-27,29-30,32-35,38-40H2,1-6H3,(H2,78,103)(H2,79,104)(H,80,83)(H,81,82)(H,84,98)(H,85,106)(H,86,109)(H,87,107)(H,88,111)(H,89,110)(H,90,108)(H,91,112)(H,92,105)(H,93,97)(H,99,100)(H,101,102)/t42-,52+,53+,54+,55+,56+,57+,58+,59+,60+,65-/m1/s1. The lowest BCUT2D eigenvalue weighted by molar-refractivity contribution is -0.140. The number of carbonyl (C=O) groups excluding carboxylic acids is 12. The zero-order valence-corrected chi connectivity index (χ0v) is 65.7. The Morgan fingerprint density at radius 2 is 0.974 bits per heavy atom. The Balaban J connectivity index is 1.05. The monoisotopic (exact) mass is 1620 g/mol. The lowest BCUT2D eigenvalue weighted by atomic mass is 9.85. The van der Waals surface area contributed by atoms with E-state index in [1.165, 1.54) is 85.6 Å². The number of primary amides is 2. The summed E-state index contributed by atoms with van der Waals surface area (Å²) < 4.78 is 0. The Hall–Kier alpha value is -11.6. The van der Waals surface area contributed by atoms with E-state index in [4.69, 9.17) is 11.5 Å². The van der Waals surface area contributed by atoms with Gasteiger partial charge in [0.25, 0.3) is 0 Å². The number of H-pyrrole nitrogens is 2. The number of phenols is 2. The molecule has 114 heavy (non-hydrogen) atoms. The molecule has 0 aliphatic rings. The molecule has 0 saturated heterocycles. The fraction of sp³-hybridized carbons (Fsp3) is 0.455. The molecule has 11 atom stereocenters. The number of hydrogen-bond acceptors (Lipinski definition) is 21. The topological polar surface area (TPSA) is 570 Å². The van der Waals surface area contributed by atoms with Gasteiger partial charge in [-0.15, -0.1) is 0 Å². The fourth-order valence-corrected chi connectivity index (χ4v) is 13.7. The Bertz CT molecular complexity index is 4290. The van der Waals surface area contributed by atoms with Gasteiger partial charge in [-0.2, -0.15) is 23.5 Å². The Labute approximate surface area is 666 Å². The summed E-state index contributed by atoms with van der Waals surface area (Å²) in [6.45, 7) is 9.90. The molecular weight excluding hydrogens is 1520 g/mol. The number of nitrogens with two attached hydrogens (primary N) is 2. The number of carbonyl (C=O) groups is 14. The van der Waals surface area contributed by atoms with Crippen LogP contribution >= 0.6 is 23.5 Å². The average Bonchev–Trinajstić information content (AvgIpc) is 1.47. The van der Waals surface area contributed by atoms with Crippen LogP contribution in [-0.4, -0.2) is 206 Å². The van der Waals surface area contributed by atoms with Gasteiger partial charge in [0.15, 0.2) is 0 Å². The van der Waals surface area contributed by atoms with Gasteiger partial charge in [0, 0.05) is 97.6 Å². The predicted octanol–water partition coefficient (Wildman–Crippen LogP) is 1.10. The smallest absolute Gasteiger partial charge is 0.303 e. The van der Waals surface area contributed by atoms with Gasteiger partial charge in [-0.3, -0.25) is 67.1 Å². The molecule has 0 saturated carbocycles. The van der Waals surface area contributed by atoms with Crippen LogP contribution in [-0.2, 0) is 104 Å². The molecule has 0 aliphatic carbocycles. The van der Waals surface area contributed by atoms with Crippen molar-refractivity contribution >= 4 is 117 Å². The highest BCUT2D eigenvalue weighted by molar-refractivity contribution is 7.98. The number of aliphatic hydroxyl groups is 1. The van der Waals surface area contributed by atoms with Crippen molar-refractivity contribution in [2.24, 2.45) is 16.9 Å². The summed E-state index contributed by atoms with van der Waals surface area (Å²) in [6, 6.07) is 8.39. The first-order valence-corrected chi connectivity index (χ1v) is 39.3. The number of aromatic hydroxyl groups is 2. The largest absolute Gasteiger partial charge is 0.508 e. The number of nitrogens with zero attached hydrogens (tertiary/aromatic N) is 2. The van der Waals surface area contributed by atoms with Crippen molar-refractivity contribution in [2.45, 2.75) is 203 Å². The Kier molecular flexibility index (Phi) is 36.2. The summed E-state index contributed by atoms with van der Waals surface area (Å²) in [5.74, 6) is -11.9. The second-order valence-corrected chi connectivity index (χ2v) is 30.6. The van der Waals surface area contributed by atoms with E-state index in [1.54, 1.807) is 65.1 Å². The molecule has 6 aromatic rings. The summed E-state index contributed by atoms with van der Waals surface area (Å²) in [5.41, 5.74) is 14.8. The van der Waals surface area contributed by atoms with Gasteiger partial charge in [0.2, 0.25) is 70.9 Å². The van der Waals surface area contributed by atoms with Crippen LogP contribution < -0.4 is 64.6 Å². The van der Waals surface area contributed by atoms with Crippen molar-refractivity contribution in [3.8, 4) is 11.5 Å². The summed E-state index contributed by atoms with van der Waals surface area (Å²) in [5, 5.41) is 76.1. The third kappa shape index (κ3) is 30.8. The van der Waals surface area contributed by atoms with E-state index in [2.05, 4.69) is 73.1 Å². The lowest BCUT2D eigenvalue weighted by Gasteiger charge is -2.32. The first-order chi connectivity index (χ1) is 54.1. The maximum absolute atomic E-state index is 14.6. The third-order valence-electron chi connectivity index (χ3n) is 17.9. The molecule has 0 spiro atoms. The van der Waals surface area contributed by atoms with Crippen molar-refractivity contribution in [1.82, 2.24) is 73.1 Å². The lowest BCUT2D eigenvalue weighted by Crippen LogP contribution is -2.60. The van der Waals surface area contributed by atoms with E-state index in [9.17, 15) is 92.7 Å². The maximum atomic E-state index is 14.6. The van der Waals surface area contributed by atoms with E-state index in [1.807, 2.05) is 24.3 Å². The second kappa shape index (κ2) is 45.2. The van der Waals surface area contributed by atoms with Crippen LogP contribution in [0.15, 0.2) is 110 Å². The van der Waals surface area contributed by atoms with Crippen molar-refractivity contribution < 1.29 is 92.7 Å². The minimum Gasteiger partial charge on any atom is -0.508 e. The number of phenolic OH excluding ortho intramolecular Hbond substituents is 2.